The van der Waals surface area contributed by atoms with Crippen LogP contribution in [0, 0.1) is 11.8 Å². The first-order valence-corrected chi connectivity index (χ1v) is 7.83. The number of nitrogens with zero attached hydrogens (tertiary/aromatic N) is 1. The number of nitrogens with one attached hydrogen (secondary N) is 2. The molecule has 22 heavy (non-hydrogen) atoms. The maximum Gasteiger partial charge on any atom is 0.250 e. The number of anilines is 2. The van der Waals surface area contributed by atoms with E-state index in [1.54, 1.807) is 4.90 Å². The minimum atomic E-state index is -0.298. The molecular formula is C17H25N3O2. The van der Waals surface area contributed by atoms with E-state index >= 15 is 0 Å². The second-order valence-corrected chi connectivity index (χ2v) is 6.51. The third-order valence-corrected chi connectivity index (χ3v) is 3.71. The highest BCUT2D eigenvalue weighted by Gasteiger charge is 2.34. The number of hydrogen-bond donors (Lipinski definition) is 2. The summed E-state index contributed by atoms with van der Waals surface area (Å²) in [6.45, 7) is 8.77. The van der Waals surface area contributed by atoms with E-state index in [0.717, 1.165) is 11.4 Å². The zero-order chi connectivity index (χ0) is 16.3. The van der Waals surface area contributed by atoms with E-state index in [1.807, 2.05) is 52.0 Å². The molecule has 5 nitrogen and oxygen atoms in total. The number of para-hydroxylation sites is 2. The predicted octanol–water partition coefficient (Wildman–Crippen LogP) is 2.24. The van der Waals surface area contributed by atoms with E-state index in [1.165, 1.54) is 0 Å². The van der Waals surface area contributed by atoms with Gasteiger partial charge in [0.2, 0.25) is 11.8 Å². The number of carbonyl (C=O) groups is 2. The van der Waals surface area contributed by atoms with Gasteiger partial charge in [-0.2, -0.15) is 0 Å². The lowest BCUT2D eigenvalue weighted by Gasteiger charge is -2.36. The predicted molar refractivity (Wildman–Crippen MR) is 88.9 cm³/mol. The first-order chi connectivity index (χ1) is 10.4. The van der Waals surface area contributed by atoms with Crippen LogP contribution in [0.25, 0.3) is 0 Å². The largest absolute Gasteiger partial charge is 0.372 e. The highest BCUT2D eigenvalue weighted by atomic mass is 16.2. The van der Waals surface area contributed by atoms with Crippen molar-refractivity contribution in [2.45, 2.75) is 33.7 Å². The number of rotatable bonds is 5. The molecule has 0 saturated carbocycles. The van der Waals surface area contributed by atoms with Gasteiger partial charge in [-0.15, -0.1) is 0 Å². The molecule has 0 spiro atoms. The molecule has 2 rings (SSSR count). The number of amides is 2. The van der Waals surface area contributed by atoms with Crippen LogP contribution in [0.4, 0.5) is 11.4 Å². The third kappa shape index (κ3) is 3.59. The molecule has 1 aliphatic rings. The van der Waals surface area contributed by atoms with Crippen molar-refractivity contribution < 1.29 is 9.59 Å². The normalized spacial score (nSPS) is 17.5. The van der Waals surface area contributed by atoms with Crippen LogP contribution in [0.5, 0.6) is 0 Å². The van der Waals surface area contributed by atoms with Crippen LogP contribution in [0.3, 0.4) is 0 Å². The summed E-state index contributed by atoms with van der Waals surface area (Å²) in [5.74, 6) is 0.370. The van der Waals surface area contributed by atoms with Crippen molar-refractivity contribution >= 4 is 23.2 Å². The smallest absolute Gasteiger partial charge is 0.250 e. The van der Waals surface area contributed by atoms with Gasteiger partial charge in [-0.05, 0) is 24.0 Å². The maximum absolute atomic E-state index is 12.7. The second-order valence-electron chi connectivity index (χ2n) is 6.51. The minimum absolute atomic E-state index is 0.0478. The molecule has 1 aromatic carbocycles. The lowest BCUT2D eigenvalue weighted by atomic mass is 9.99. The van der Waals surface area contributed by atoms with E-state index in [2.05, 4.69) is 10.6 Å². The lowest BCUT2D eigenvalue weighted by Crippen LogP contribution is -2.52. The van der Waals surface area contributed by atoms with Crippen LogP contribution in [0.2, 0.25) is 0 Å². The Labute approximate surface area is 132 Å². The van der Waals surface area contributed by atoms with Gasteiger partial charge < -0.3 is 10.6 Å². The van der Waals surface area contributed by atoms with E-state index in [-0.39, 0.29) is 30.3 Å². The van der Waals surface area contributed by atoms with Gasteiger partial charge >= 0.3 is 0 Å². The number of fused-ring (bicyclic) bond motifs is 1. The summed E-state index contributed by atoms with van der Waals surface area (Å²) in [5.41, 5.74) is 1.67. The molecule has 1 aromatic rings. The molecule has 1 aliphatic heterocycles. The van der Waals surface area contributed by atoms with E-state index in [4.69, 9.17) is 0 Å². The number of hydrogen-bond acceptors (Lipinski definition) is 3. The fourth-order valence-electron chi connectivity index (χ4n) is 2.48. The molecule has 1 unspecified atom stereocenters. The highest BCUT2D eigenvalue weighted by molar-refractivity contribution is 6.07. The Morgan fingerprint density at radius 2 is 1.95 bits per heavy atom. The van der Waals surface area contributed by atoms with E-state index in [0.29, 0.717) is 12.5 Å². The molecule has 5 heteroatoms. The fraction of sp³-hybridized carbons (Fsp3) is 0.529. The Morgan fingerprint density at radius 1 is 1.27 bits per heavy atom. The quantitative estimate of drug-likeness (QED) is 0.877. The Hall–Kier alpha value is -2.04. The van der Waals surface area contributed by atoms with Gasteiger partial charge in [0.25, 0.3) is 0 Å². The van der Waals surface area contributed by atoms with Gasteiger partial charge in [0.1, 0.15) is 12.6 Å². The van der Waals surface area contributed by atoms with E-state index in [9.17, 15) is 9.59 Å². The molecule has 0 bridgehead atoms. The molecule has 1 atom stereocenters. The summed E-state index contributed by atoms with van der Waals surface area (Å²) in [7, 11) is 0. The maximum atomic E-state index is 12.7. The third-order valence-electron chi connectivity index (χ3n) is 3.71. The van der Waals surface area contributed by atoms with Gasteiger partial charge in [0.05, 0.1) is 11.4 Å². The molecule has 1 heterocycles. The van der Waals surface area contributed by atoms with Crippen molar-refractivity contribution in [1.29, 1.82) is 0 Å². The van der Waals surface area contributed by atoms with Crippen LogP contribution in [-0.4, -0.2) is 30.9 Å². The highest BCUT2D eigenvalue weighted by Crippen LogP contribution is 2.32. The van der Waals surface area contributed by atoms with Crippen LogP contribution >= 0.6 is 0 Å². The van der Waals surface area contributed by atoms with Crippen LogP contribution in [0.1, 0.15) is 27.7 Å². The van der Waals surface area contributed by atoms with Crippen molar-refractivity contribution in [1.82, 2.24) is 5.32 Å². The average Bonchev–Trinajstić information content (AvgIpc) is 2.47. The van der Waals surface area contributed by atoms with Crippen LogP contribution in [-0.2, 0) is 9.59 Å². The van der Waals surface area contributed by atoms with Crippen molar-refractivity contribution in [3.63, 3.8) is 0 Å². The number of benzene rings is 1. The average molecular weight is 303 g/mol. The van der Waals surface area contributed by atoms with Crippen molar-refractivity contribution in [2.24, 2.45) is 11.8 Å². The second kappa shape index (κ2) is 6.81. The van der Waals surface area contributed by atoms with Crippen molar-refractivity contribution in [2.75, 3.05) is 23.3 Å². The SMILES string of the molecule is CC(C)CNC(=O)CN1C(=O)C(C(C)C)Nc2ccccc21. The van der Waals surface area contributed by atoms with Crippen molar-refractivity contribution in [3.8, 4) is 0 Å². The van der Waals surface area contributed by atoms with Gasteiger partial charge in [0, 0.05) is 6.54 Å². The molecule has 0 aromatic heterocycles. The van der Waals surface area contributed by atoms with Gasteiger partial charge in [-0.1, -0.05) is 39.8 Å². The van der Waals surface area contributed by atoms with Gasteiger partial charge in [0.15, 0.2) is 0 Å². The topological polar surface area (TPSA) is 61.4 Å². The van der Waals surface area contributed by atoms with Gasteiger partial charge in [-0.25, -0.2) is 0 Å². The van der Waals surface area contributed by atoms with Gasteiger partial charge in [-0.3, -0.25) is 14.5 Å². The zero-order valence-corrected chi connectivity index (χ0v) is 13.7. The summed E-state index contributed by atoms with van der Waals surface area (Å²) in [6.07, 6.45) is 0. The molecule has 120 valence electrons. The lowest BCUT2D eigenvalue weighted by molar-refractivity contribution is -0.124. The summed E-state index contributed by atoms with van der Waals surface area (Å²) in [4.78, 5) is 26.4. The van der Waals surface area contributed by atoms with Crippen LogP contribution in [0.15, 0.2) is 24.3 Å². The summed E-state index contributed by atoms with van der Waals surface area (Å²) in [6, 6.07) is 7.31. The molecule has 0 radical (unpaired) electrons. The Kier molecular flexibility index (Phi) is 5.06. The Morgan fingerprint density at radius 3 is 2.59 bits per heavy atom. The first kappa shape index (κ1) is 16.3. The molecular weight excluding hydrogens is 278 g/mol. The van der Waals surface area contributed by atoms with Crippen molar-refractivity contribution in [3.05, 3.63) is 24.3 Å². The molecule has 0 aliphatic carbocycles. The summed E-state index contributed by atoms with van der Waals surface area (Å²) < 4.78 is 0. The summed E-state index contributed by atoms with van der Waals surface area (Å²) >= 11 is 0. The molecule has 2 amide bonds. The van der Waals surface area contributed by atoms with E-state index < -0.39 is 0 Å². The zero-order valence-electron chi connectivity index (χ0n) is 13.7. The minimum Gasteiger partial charge on any atom is -0.372 e. The Bertz CT molecular complexity index is 555. The molecule has 0 saturated heterocycles. The number of carbonyl (C=O) groups excluding carboxylic acids is 2. The molecule has 0 fully saturated rings. The standard InChI is InChI=1S/C17H25N3O2/c1-11(2)9-18-15(21)10-20-14-8-6-5-7-13(14)19-16(12(3)4)17(20)22/h5-8,11-12,16,19H,9-10H2,1-4H3,(H,18,21). The Balaban J connectivity index is 2.20. The summed E-state index contributed by atoms with van der Waals surface area (Å²) in [5, 5.41) is 6.15. The monoisotopic (exact) mass is 303 g/mol. The molecule has 2 N–H and O–H groups in total. The first-order valence-electron chi connectivity index (χ1n) is 7.83. The van der Waals surface area contributed by atoms with Crippen LogP contribution < -0.4 is 15.5 Å². The fourth-order valence-corrected chi connectivity index (χ4v) is 2.48.